The zero-order valence-corrected chi connectivity index (χ0v) is 33.4. The number of imide groups is 2. The number of likely N-dealkylation sites (tertiary alicyclic amines) is 1. The van der Waals surface area contributed by atoms with Crippen LogP contribution in [0.1, 0.15) is 92.9 Å². The topological polar surface area (TPSA) is 143 Å². The number of hydrogen-bond donors (Lipinski definition) is 1. The Bertz CT molecular complexity index is 1810. The molecule has 1 unspecified atom stereocenters. The molecule has 1 N–H and O–H groups in total. The van der Waals surface area contributed by atoms with Gasteiger partial charge >= 0.3 is 0 Å². The molecule has 0 aliphatic carbocycles. The average Bonchev–Trinajstić information content (AvgIpc) is 3.54. The number of hydrogen-bond acceptors (Lipinski definition) is 9. The Hall–Kier alpha value is -5.61. The fourth-order valence-corrected chi connectivity index (χ4v) is 6.64. The molecule has 2 fully saturated rings. The molecule has 3 aromatic rings. The first-order chi connectivity index (χ1) is 27.0. The number of carbonyl (C=O) groups excluding carboxylic acids is 5. The van der Waals surface area contributed by atoms with Crippen molar-refractivity contribution in [2.45, 2.75) is 86.0 Å². The van der Waals surface area contributed by atoms with Crippen molar-refractivity contribution in [2.24, 2.45) is 5.92 Å². The third-order valence-electron chi connectivity index (χ3n) is 9.57. The average molecular weight is 771 g/mol. The molecule has 56 heavy (non-hydrogen) atoms. The van der Waals surface area contributed by atoms with Crippen LogP contribution in [0.4, 0.5) is 10.1 Å². The Balaban J connectivity index is 0.000000564. The predicted molar refractivity (Wildman–Crippen MR) is 213 cm³/mol. The summed E-state index contributed by atoms with van der Waals surface area (Å²) < 4.78 is 20.6. The van der Waals surface area contributed by atoms with Crippen molar-refractivity contribution in [3.05, 3.63) is 94.3 Å². The van der Waals surface area contributed by atoms with Gasteiger partial charge in [-0.1, -0.05) is 77.8 Å². The number of halogens is 1. The number of likely N-dealkylation sites (N-methyl/N-ethyl adjacent to an activating group) is 1. The van der Waals surface area contributed by atoms with Crippen molar-refractivity contribution < 1.29 is 33.1 Å². The normalized spacial score (nSPS) is 16.3. The molecule has 3 heterocycles. The third kappa shape index (κ3) is 12.2. The molecule has 0 bridgehead atoms. The van der Waals surface area contributed by atoms with E-state index in [9.17, 15) is 18.8 Å². The second kappa shape index (κ2) is 22.7. The van der Waals surface area contributed by atoms with Crippen molar-refractivity contribution in [1.29, 1.82) is 5.26 Å². The predicted octanol–water partition coefficient (Wildman–Crippen LogP) is 6.06. The van der Waals surface area contributed by atoms with Gasteiger partial charge in [0.15, 0.2) is 0 Å². The van der Waals surface area contributed by atoms with Crippen LogP contribution in [-0.2, 0) is 38.9 Å². The number of benzene rings is 3. The Morgan fingerprint density at radius 3 is 2.18 bits per heavy atom. The van der Waals surface area contributed by atoms with E-state index in [1.54, 1.807) is 34.5 Å². The minimum atomic E-state index is -0.650. The van der Waals surface area contributed by atoms with Crippen LogP contribution in [0.2, 0.25) is 0 Å². The summed E-state index contributed by atoms with van der Waals surface area (Å²) >= 11 is 0. The van der Waals surface area contributed by atoms with E-state index in [1.165, 1.54) is 31.5 Å². The summed E-state index contributed by atoms with van der Waals surface area (Å²) in [7, 11) is 1.46. The first-order valence-electron chi connectivity index (χ1n) is 19.2. The molecule has 300 valence electrons. The van der Waals surface area contributed by atoms with E-state index in [0.29, 0.717) is 61.5 Å². The number of piperidine rings is 1. The Morgan fingerprint density at radius 1 is 0.964 bits per heavy atom. The molecule has 6 rings (SSSR count). The molecule has 12 nitrogen and oxygen atoms in total. The molecule has 0 radical (unpaired) electrons. The van der Waals surface area contributed by atoms with Crippen molar-refractivity contribution in [2.75, 3.05) is 38.1 Å². The van der Waals surface area contributed by atoms with E-state index in [2.05, 4.69) is 37.8 Å². The van der Waals surface area contributed by atoms with Gasteiger partial charge in [-0.2, -0.15) is 5.26 Å². The number of nitrogens with zero attached hydrogens (tertiary/aromatic N) is 5. The maximum atomic E-state index is 14.4. The van der Waals surface area contributed by atoms with Crippen LogP contribution in [0.3, 0.4) is 0 Å². The Kier molecular flexibility index (Phi) is 18.1. The van der Waals surface area contributed by atoms with Crippen molar-refractivity contribution in [3.8, 4) is 11.8 Å². The van der Waals surface area contributed by atoms with Gasteiger partial charge in [0, 0.05) is 57.3 Å². The minimum absolute atomic E-state index is 0.214. The first kappa shape index (κ1) is 44.8. The SMILES string of the molecule is CC.CCCC(C)C.CN1C(=O)CCC(N2Cc3c(OCc4ccc(CN5CCN(c6ccc(C#N)cc6F)CC5)cc4)cccc3C2=O)C1=O.O=CNC=O. The van der Waals surface area contributed by atoms with Crippen LogP contribution in [-0.4, -0.2) is 84.5 Å². The Labute approximate surface area is 330 Å². The van der Waals surface area contributed by atoms with E-state index < -0.39 is 6.04 Å². The molecule has 0 saturated carbocycles. The van der Waals surface area contributed by atoms with Gasteiger partial charge in [-0.3, -0.25) is 33.8 Å². The van der Waals surface area contributed by atoms with E-state index in [0.717, 1.165) is 41.6 Å². The van der Waals surface area contributed by atoms with Crippen LogP contribution < -0.4 is 15.0 Å². The highest BCUT2D eigenvalue weighted by atomic mass is 19.1. The van der Waals surface area contributed by atoms with Gasteiger partial charge in [-0.15, -0.1) is 0 Å². The summed E-state index contributed by atoms with van der Waals surface area (Å²) in [5.41, 5.74) is 4.31. The third-order valence-corrected chi connectivity index (χ3v) is 9.57. The lowest BCUT2D eigenvalue weighted by molar-refractivity contribution is -0.150. The maximum absolute atomic E-state index is 14.4. The summed E-state index contributed by atoms with van der Waals surface area (Å²) in [5.74, 6) is 0.367. The number of nitriles is 1. The van der Waals surface area contributed by atoms with Crippen LogP contribution in [0.5, 0.6) is 5.75 Å². The Morgan fingerprint density at radius 2 is 1.62 bits per heavy atom. The van der Waals surface area contributed by atoms with Crippen molar-refractivity contribution in [3.63, 3.8) is 0 Å². The number of ether oxygens (including phenoxy) is 1. The van der Waals surface area contributed by atoms with E-state index >= 15 is 0 Å². The molecule has 1 atom stereocenters. The number of carbonyl (C=O) groups is 5. The number of fused-ring (bicyclic) bond motifs is 1. The molecule has 3 aromatic carbocycles. The van der Waals surface area contributed by atoms with E-state index in [-0.39, 0.29) is 36.5 Å². The lowest BCUT2D eigenvalue weighted by atomic mass is 10.0. The molecule has 13 heteroatoms. The number of nitrogens with one attached hydrogen (secondary N) is 1. The van der Waals surface area contributed by atoms with Crippen molar-refractivity contribution >= 4 is 36.2 Å². The lowest BCUT2D eigenvalue weighted by Gasteiger charge is -2.36. The van der Waals surface area contributed by atoms with Crippen LogP contribution >= 0.6 is 0 Å². The number of amides is 5. The van der Waals surface area contributed by atoms with Gasteiger partial charge in [-0.05, 0) is 53.8 Å². The van der Waals surface area contributed by atoms with Crippen LogP contribution in [0.15, 0.2) is 60.7 Å². The molecule has 3 aliphatic heterocycles. The summed E-state index contributed by atoms with van der Waals surface area (Å²) in [6.07, 6.45) is 3.90. The second-order valence-corrected chi connectivity index (χ2v) is 13.8. The highest BCUT2D eigenvalue weighted by molar-refractivity contribution is 6.05. The lowest BCUT2D eigenvalue weighted by Crippen LogP contribution is -2.53. The molecule has 0 spiro atoms. The highest BCUT2D eigenvalue weighted by Gasteiger charge is 2.42. The smallest absolute Gasteiger partial charge is 0.255 e. The van der Waals surface area contributed by atoms with Gasteiger partial charge in [0.1, 0.15) is 24.2 Å². The van der Waals surface area contributed by atoms with Gasteiger partial charge in [0.25, 0.3) is 11.8 Å². The number of rotatable bonds is 11. The molecule has 0 aromatic heterocycles. The first-order valence-corrected chi connectivity index (χ1v) is 19.2. The summed E-state index contributed by atoms with van der Waals surface area (Å²) in [4.78, 5) is 63.0. The van der Waals surface area contributed by atoms with Gasteiger partial charge in [0.05, 0.1) is 23.9 Å². The fraction of sp³-hybridized carbons (Fsp3) is 0.442. The summed E-state index contributed by atoms with van der Waals surface area (Å²) in [6.45, 7) is 15.1. The maximum Gasteiger partial charge on any atom is 0.255 e. The van der Waals surface area contributed by atoms with E-state index in [1.807, 2.05) is 43.0 Å². The standard InChI is InChI=1S/C33H32FN5O4.C6H14.C2H3NO2.C2H6/c1-36-31(40)12-11-29(33(36)42)39-20-26-25(32(39)41)3-2-4-30(26)43-21-23-7-5-22(6-8-23)19-37-13-15-38(16-14-37)28-10-9-24(18-35)17-27(28)34;1-4-5-6(2)3;4-1-3-2-5;1-2/h2-10,17,29H,11-16,19-21H2,1H3;6H,4-5H2,1-3H3;1-2H,(H,3,4,5);1-2H3. The molecular weight excluding hydrogens is 716 g/mol. The monoisotopic (exact) mass is 770 g/mol. The van der Waals surface area contributed by atoms with E-state index in [4.69, 9.17) is 19.6 Å². The van der Waals surface area contributed by atoms with Gasteiger partial charge in [-0.25, -0.2) is 4.39 Å². The zero-order valence-electron chi connectivity index (χ0n) is 33.4. The largest absolute Gasteiger partial charge is 0.489 e. The quantitative estimate of drug-likeness (QED) is 0.182. The van der Waals surface area contributed by atoms with Crippen molar-refractivity contribution in [1.82, 2.24) is 20.0 Å². The highest BCUT2D eigenvalue weighted by Crippen LogP contribution is 2.34. The zero-order chi connectivity index (χ0) is 41.2. The molecule has 2 saturated heterocycles. The summed E-state index contributed by atoms with van der Waals surface area (Å²) in [6, 6.07) is 19.5. The number of piperazine rings is 1. The van der Waals surface area contributed by atoms with Crippen LogP contribution in [0, 0.1) is 23.1 Å². The minimum Gasteiger partial charge on any atom is -0.489 e. The molecular formula is C43H55FN6O6. The van der Waals surface area contributed by atoms with Gasteiger partial charge < -0.3 is 19.9 Å². The fourth-order valence-electron chi connectivity index (χ4n) is 6.64. The molecule has 5 amide bonds. The van der Waals surface area contributed by atoms with Crippen LogP contribution in [0.25, 0.3) is 0 Å². The summed E-state index contributed by atoms with van der Waals surface area (Å²) in [5, 5.41) is 10.7. The second-order valence-electron chi connectivity index (χ2n) is 13.8. The van der Waals surface area contributed by atoms with Gasteiger partial charge in [0.2, 0.25) is 18.7 Å². The number of anilines is 1. The molecule has 3 aliphatic rings.